The summed E-state index contributed by atoms with van der Waals surface area (Å²) in [5.74, 6) is -0.187. The molecule has 0 bridgehead atoms. The summed E-state index contributed by atoms with van der Waals surface area (Å²) in [6.07, 6.45) is 18.5. The number of thioether (sulfide) groups is 1. The third-order valence-corrected chi connectivity index (χ3v) is 8.49. The van der Waals surface area contributed by atoms with Crippen molar-refractivity contribution in [1.29, 1.82) is 0 Å². The first-order chi connectivity index (χ1) is 17.3. The van der Waals surface area contributed by atoms with E-state index < -0.39 is 17.6 Å². The van der Waals surface area contributed by atoms with Gasteiger partial charge in [-0.1, -0.05) is 103 Å². The van der Waals surface area contributed by atoms with Gasteiger partial charge in [-0.3, -0.25) is 9.59 Å². The van der Waals surface area contributed by atoms with Gasteiger partial charge in [0.2, 0.25) is 11.0 Å². The van der Waals surface area contributed by atoms with Gasteiger partial charge in [-0.05, 0) is 52.4 Å². The molecule has 5 nitrogen and oxygen atoms in total. The summed E-state index contributed by atoms with van der Waals surface area (Å²) < 4.78 is 0. The van der Waals surface area contributed by atoms with E-state index in [2.05, 4.69) is 24.4 Å². The van der Waals surface area contributed by atoms with E-state index in [0.717, 1.165) is 44.9 Å². The fourth-order valence-electron chi connectivity index (χ4n) is 5.01. The Bertz CT molecular complexity index is 614. The molecule has 5 atom stereocenters. The van der Waals surface area contributed by atoms with Crippen molar-refractivity contribution < 1.29 is 19.8 Å². The Labute approximate surface area is 226 Å². The average Bonchev–Trinajstić information content (AvgIpc) is 3.13. The largest absolute Gasteiger partial charge is 0.393 e. The van der Waals surface area contributed by atoms with Crippen molar-refractivity contribution in [3.05, 3.63) is 12.2 Å². The summed E-state index contributed by atoms with van der Waals surface area (Å²) in [5, 5.41) is 23.0. The van der Waals surface area contributed by atoms with Gasteiger partial charge < -0.3 is 15.5 Å². The monoisotopic (exact) mass is 527 g/mol. The summed E-state index contributed by atoms with van der Waals surface area (Å²) in [5.41, 5.74) is -1.26. The number of aliphatic hydroxyl groups is 2. The molecule has 2 unspecified atom stereocenters. The lowest BCUT2D eigenvalue weighted by atomic mass is 9.83. The molecule has 2 aliphatic carbocycles. The lowest BCUT2D eigenvalue weighted by Crippen LogP contribution is -2.48. The van der Waals surface area contributed by atoms with Gasteiger partial charge in [0.1, 0.15) is 11.6 Å². The molecule has 3 rings (SSSR count). The van der Waals surface area contributed by atoms with E-state index in [1.165, 1.54) is 43.9 Å². The van der Waals surface area contributed by atoms with E-state index in [9.17, 15) is 14.7 Å². The van der Waals surface area contributed by atoms with Crippen LogP contribution in [-0.2, 0) is 9.59 Å². The maximum atomic E-state index is 12.6. The number of nitrogens with one attached hydrogen (secondary N) is 1. The SMILES string of the molecule is CC.CC.CCCCCCC1C(=O)N[C@@H](C(=O)SC2CCCCC2)[C@@]1(C)O.C[C@H](O)C1C=CCCC1. The third kappa shape index (κ3) is 12.1. The highest BCUT2D eigenvalue weighted by Crippen LogP contribution is 2.37. The summed E-state index contributed by atoms with van der Waals surface area (Å²) in [7, 11) is 0. The molecule has 0 aromatic heterocycles. The van der Waals surface area contributed by atoms with Crippen molar-refractivity contribution >= 4 is 22.8 Å². The normalized spacial score (nSPS) is 28.4. The predicted molar refractivity (Wildman–Crippen MR) is 155 cm³/mol. The lowest BCUT2D eigenvalue weighted by Gasteiger charge is -2.29. The molecule has 2 fully saturated rings. The number of hydrogen-bond acceptors (Lipinski definition) is 5. The number of rotatable bonds is 8. The number of amides is 1. The van der Waals surface area contributed by atoms with Crippen molar-refractivity contribution in [1.82, 2.24) is 5.32 Å². The number of carbonyl (C=O) groups is 2. The van der Waals surface area contributed by atoms with Gasteiger partial charge in [-0.25, -0.2) is 0 Å². The van der Waals surface area contributed by atoms with Crippen LogP contribution in [0.25, 0.3) is 0 Å². The van der Waals surface area contributed by atoms with Crippen LogP contribution >= 0.6 is 11.8 Å². The van der Waals surface area contributed by atoms with E-state index in [1.807, 2.05) is 34.6 Å². The molecule has 0 aromatic rings. The Hall–Kier alpha value is -0.850. The molecule has 0 radical (unpaired) electrons. The van der Waals surface area contributed by atoms with Crippen LogP contribution in [0, 0.1) is 11.8 Å². The van der Waals surface area contributed by atoms with Crippen LogP contribution in [0.4, 0.5) is 0 Å². The summed E-state index contributed by atoms with van der Waals surface area (Å²) >= 11 is 1.34. The highest BCUT2D eigenvalue weighted by Gasteiger charge is 2.53. The molecule has 36 heavy (non-hydrogen) atoms. The van der Waals surface area contributed by atoms with Gasteiger partial charge >= 0.3 is 0 Å². The highest BCUT2D eigenvalue weighted by atomic mass is 32.2. The molecule has 3 N–H and O–H groups in total. The van der Waals surface area contributed by atoms with Crippen molar-refractivity contribution in [3.63, 3.8) is 0 Å². The molecular weight excluding hydrogens is 470 g/mol. The van der Waals surface area contributed by atoms with Crippen molar-refractivity contribution in [2.75, 3.05) is 0 Å². The molecule has 212 valence electrons. The summed E-state index contributed by atoms with van der Waals surface area (Å²) in [6.45, 7) is 13.7. The van der Waals surface area contributed by atoms with Gasteiger partial charge in [0, 0.05) is 11.2 Å². The Morgan fingerprint density at radius 2 is 1.72 bits per heavy atom. The molecule has 1 aliphatic heterocycles. The Morgan fingerprint density at radius 1 is 1.08 bits per heavy atom. The van der Waals surface area contributed by atoms with Crippen LogP contribution in [0.2, 0.25) is 0 Å². The molecular formula is C30H57NO4S. The first-order valence-electron chi connectivity index (χ1n) is 14.8. The number of allylic oxidation sites excluding steroid dienone is 1. The van der Waals surface area contributed by atoms with Crippen LogP contribution < -0.4 is 5.32 Å². The minimum absolute atomic E-state index is 0.0636. The van der Waals surface area contributed by atoms with Crippen molar-refractivity contribution in [3.8, 4) is 0 Å². The number of aliphatic hydroxyl groups excluding tert-OH is 1. The maximum Gasteiger partial charge on any atom is 0.226 e. The van der Waals surface area contributed by atoms with Crippen LogP contribution in [-0.4, -0.2) is 44.2 Å². The predicted octanol–water partition coefficient (Wildman–Crippen LogP) is 7.19. The van der Waals surface area contributed by atoms with Crippen molar-refractivity contribution in [2.45, 2.75) is 155 Å². The second-order valence-electron chi connectivity index (χ2n) is 10.0. The first-order valence-corrected chi connectivity index (χ1v) is 15.7. The number of carbonyl (C=O) groups excluding carboxylic acids is 2. The van der Waals surface area contributed by atoms with Gasteiger partial charge in [0.15, 0.2) is 0 Å². The maximum absolute atomic E-state index is 12.6. The van der Waals surface area contributed by atoms with E-state index in [4.69, 9.17) is 5.11 Å². The fourth-order valence-corrected chi connectivity index (χ4v) is 6.34. The van der Waals surface area contributed by atoms with E-state index in [0.29, 0.717) is 17.6 Å². The molecule has 1 amide bonds. The molecule has 3 aliphatic rings. The van der Waals surface area contributed by atoms with E-state index in [-0.39, 0.29) is 17.1 Å². The van der Waals surface area contributed by atoms with Gasteiger partial charge in [0.25, 0.3) is 0 Å². The Balaban J connectivity index is 0.000000783. The lowest BCUT2D eigenvalue weighted by molar-refractivity contribution is -0.125. The molecule has 1 saturated carbocycles. The van der Waals surface area contributed by atoms with Crippen LogP contribution in [0.5, 0.6) is 0 Å². The zero-order valence-corrected chi connectivity index (χ0v) is 25.2. The first kappa shape index (κ1) is 35.2. The smallest absolute Gasteiger partial charge is 0.226 e. The standard InChI is InChI=1S/C18H31NO3S.C8H14O.2C2H6/c1-3-4-5-9-12-14-16(20)19-15(18(14,2)22)17(21)23-13-10-7-6-8-11-13;1-7(9)8-5-3-2-4-6-8;2*1-2/h13-15,22H,3-12H2,1-2H3,(H,19,20);3,5,7-9H,2,4,6H2,1H3;2*1-2H3/t14?,15-,18-;7-,8?;;/m00../s1. The fraction of sp³-hybridized carbons (Fsp3) is 0.867. The minimum atomic E-state index is -1.26. The topological polar surface area (TPSA) is 86.6 Å². The highest BCUT2D eigenvalue weighted by molar-refractivity contribution is 8.14. The van der Waals surface area contributed by atoms with Gasteiger partial charge in [0.05, 0.1) is 12.0 Å². The Kier molecular flexibility index (Phi) is 19.7. The van der Waals surface area contributed by atoms with Gasteiger partial charge in [-0.2, -0.15) is 0 Å². The van der Waals surface area contributed by atoms with Crippen molar-refractivity contribution in [2.24, 2.45) is 11.8 Å². The average molecular weight is 528 g/mol. The third-order valence-electron chi connectivity index (χ3n) is 7.22. The van der Waals surface area contributed by atoms with Gasteiger partial charge in [-0.15, -0.1) is 0 Å². The Morgan fingerprint density at radius 3 is 2.22 bits per heavy atom. The van der Waals surface area contributed by atoms with Crippen LogP contribution in [0.3, 0.4) is 0 Å². The summed E-state index contributed by atoms with van der Waals surface area (Å²) in [6, 6.07) is -0.752. The number of unbranched alkanes of at least 4 members (excludes halogenated alkanes) is 3. The molecule has 0 aromatic carbocycles. The minimum Gasteiger partial charge on any atom is -0.393 e. The molecule has 0 spiro atoms. The van der Waals surface area contributed by atoms with Crippen LogP contribution in [0.15, 0.2) is 12.2 Å². The second kappa shape index (κ2) is 20.2. The van der Waals surface area contributed by atoms with E-state index in [1.54, 1.807) is 6.92 Å². The number of hydrogen-bond donors (Lipinski definition) is 3. The van der Waals surface area contributed by atoms with E-state index >= 15 is 0 Å². The molecule has 1 heterocycles. The van der Waals surface area contributed by atoms with Crippen LogP contribution in [0.1, 0.15) is 132 Å². The summed E-state index contributed by atoms with van der Waals surface area (Å²) in [4.78, 5) is 24.8. The zero-order chi connectivity index (χ0) is 27.6. The quantitative estimate of drug-likeness (QED) is 0.230. The molecule has 1 saturated heterocycles. The second-order valence-corrected chi connectivity index (χ2v) is 11.3. The zero-order valence-electron chi connectivity index (χ0n) is 24.4. The molecule has 6 heteroatoms.